The fraction of sp³-hybridized carbons (Fsp3) is 0.0870. The summed E-state index contributed by atoms with van der Waals surface area (Å²) in [6, 6.07) is 13.3. The normalized spacial score (nSPS) is 12.7. The number of fused-ring (bicyclic) bond motifs is 2. The van der Waals surface area contributed by atoms with Crippen molar-refractivity contribution in [3.63, 3.8) is 0 Å². The van der Waals surface area contributed by atoms with E-state index in [4.69, 9.17) is 4.98 Å². The Morgan fingerprint density at radius 3 is 2.75 bits per heavy atom. The number of nitrogens with one attached hydrogen (secondary N) is 1. The third-order valence-electron chi connectivity index (χ3n) is 4.96. The Morgan fingerprint density at radius 1 is 1.04 bits per heavy atom. The first-order chi connectivity index (χ1) is 13.7. The Hall–Kier alpha value is -3.60. The maximum absolute atomic E-state index is 15.1. The van der Waals surface area contributed by atoms with Gasteiger partial charge in [0.05, 0.1) is 16.9 Å². The van der Waals surface area contributed by atoms with Crippen LogP contribution in [0.5, 0.6) is 0 Å². The Bertz CT molecular complexity index is 1230. The summed E-state index contributed by atoms with van der Waals surface area (Å²) in [7, 11) is 0. The van der Waals surface area contributed by atoms with Gasteiger partial charge in [-0.05, 0) is 55.3 Å². The van der Waals surface area contributed by atoms with Crippen LogP contribution in [-0.4, -0.2) is 15.0 Å². The molecule has 0 atom stereocenters. The summed E-state index contributed by atoms with van der Waals surface area (Å²) in [4.78, 5) is 13.3. The van der Waals surface area contributed by atoms with E-state index in [0.717, 1.165) is 34.1 Å². The van der Waals surface area contributed by atoms with Crippen LogP contribution in [-0.2, 0) is 6.42 Å². The molecule has 3 heterocycles. The Labute approximate surface area is 161 Å². The van der Waals surface area contributed by atoms with Crippen molar-refractivity contribution in [2.75, 3.05) is 5.32 Å². The Kier molecular flexibility index (Phi) is 3.86. The summed E-state index contributed by atoms with van der Waals surface area (Å²) in [6.45, 7) is 2.02. The number of aromatic nitrogens is 3. The Morgan fingerprint density at radius 2 is 1.89 bits per heavy atom. The summed E-state index contributed by atoms with van der Waals surface area (Å²) in [5.74, 6) is 0.331. The van der Waals surface area contributed by atoms with Crippen LogP contribution in [0.1, 0.15) is 18.1 Å². The van der Waals surface area contributed by atoms with E-state index in [9.17, 15) is 0 Å². The van der Waals surface area contributed by atoms with Crippen LogP contribution in [0, 0.1) is 5.82 Å². The van der Waals surface area contributed by atoms with Gasteiger partial charge in [-0.3, -0.25) is 9.97 Å². The second-order valence-corrected chi connectivity index (χ2v) is 6.95. The number of halogens is 1. The molecule has 0 saturated heterocycles. The topological polar surface area (TPSA) is 50.7 Å². The molecule has 1 aromatic carbocycles. The molecule has 4 aromatic rings. The smallest absolute Gasteiger partial charge is 0.154 e. The van der Waals surface area contributed by atoms with Gasteiger partial charge in [0.15, 0.2) is 5.82 Å². The summed E-state index contributed by atoms with van der Waals surface area (Å²) in [5, 5.41) is 4.04. The largest absolute Gasteiger partial charge is 0.337 e. The fourth-order valence-electron chi connectivity index (χ4n) is 3.61. The molecular weight excluding hydrogens is 351 g/mol. The third-order valence-corrected chi connectivity index (χ3v) is 4.96. The highest BCUT2D eigenvalue weighted by molar-refractivity contribution is 5.93. The second kappa shape index (κ2) is 6.53. The lowest BCUT2D eigenvalue weighted by atomic mass is 10.1. The molecule has 0 unspecified atom stereocenters. The number of benzene rings is 1. The van der Waals surface area contributed by atoms with Gasteiger partial charge in [0, 0.05) is 35.1 Å². The lowest BCUT2D eigenvalue weighted by Gasteiger charge is -2.13. The fourth-order valence-corrected chi connectivity index (χ4v) is 3.61. The number of nitrogens with zero attached hydrogens (tertiary/aromatic N) is 3. The summed E-state index contributed by atoms with van der Waals surface area (Å²) >= 11 is 0. The first-order valence-electron chi connectivity index (χ1n) is 9.11. The SMILES string of the molecule is CC1=Cc2c(ccc(Nc3nc(-c4ccncc4)cc4ncccc34)c2F)C1. The number of rotatable bonds is 3. The van der Waals surface area contributed by atoms with Gasteiger partial charge in [0.1, 0.15) is 5.82 Å². The van der Waals surface area contributed by atoms with Crippen LogP contribution in [0.4, 0.5) is 15.9 Å². The third kappa shape index (κ3) is 2.81. The van der Waals surface area contributed by atoms with Crippen molar-refractivity contribution < 1.29 is 4.39 Å². The van der Waals surface area contributed by atoms with E-state index in [0.29, 0.717) is 17.1 Å². The summed E-state index contributed by atoms with van der Waals surface area (Å²) < 4.78 is 15.1. The molecule has 1 aliphatic rings. The minimum absolute atomic E-state index is 0.248. The van der Waals surface area contributed by atoms with Gasteiger partial charge in [-0.15, -0.1) is 0 Å². The van der Waals surface area contributed by atoms with Crippen LogP contribution in [0.15, 0.2) is 66.6 Å². The standard InChI is InChI=1S/C23H17FN4/c1-14-11-16-4-5-19(22(24)18(16)12-14)27-23-17-3-2-8-26-21(17)13-20(28-23)15-6-9-25-10-7-15/h2-10,12-13H,11H2,1H3,(H,27,28). The van der Waals surface area contributed by atoms with Crippen molar-refractivity contribution in [1.82, 2.24) is 15.0 Å². The van der Waals surface area contributed by atoms with Crippen molar-refractivity contribution >= 4 is 28.5 Å². The average molecular weight is 368 g/mol. The lowest BCUT2D eigenvalue weighted by Crippen LogP contribution is -2.01. The lowest BCUT2D eigenvalue weighted by molar-refractivity contribution is 0.628. The molecule has 0 bridgehead atoms. The average Bonchev–Trinajstić information content (AvgIpc) is 3.12. The number of hydrogen-bond donors (Lipinski definition) is 1. The van der Waals surface area contributed by atoms with Gasteiger partial charge in [0.2, 0.25) is 0 Å². The van der Waals surface area contributed by atoms with Crippen LogP contribution < -0.4 is 5.32 Å². The molecule has 1 N–H and O–H groups in total. The van der Waals surface area contributed by atoms with Crippen LogP contribution in [0.2, 0.25) is 0 Å². The highest BCUT2D eigenvalue weighted by atomic mass is 19.1. The predicted octanol–water partition coefficient (Wildman–Crippen LogP) is 5.53. The first-order valence-corrected chi connectivity index (χ1v) is 9.11. The molecule has 1 aliphatic carbocycles. The maximum Gasteiger partial charge on any atom is 0.154 e. The molecule has 136 valence electrons. The van der Waals surface area contributed by atoms with Crippen molar-refractivity contribution in [2.45, 2.75) is 13.3 Å². The highest BCUT2D eigenvalue weighted by Gasteiger charge is 2.18. The van der Waals surface area contributed by atoms with Crippen LogP contribution in [0.3, 0.4) is 0 Å². The second-order valence-electron chi connectivity index (χ2n) is 6.95. The van der Waals surface area contributed by atoms with Crippen molar-refractivity contribution in [3.8, 4) is 11.3 Å². The molecule has 5 rings (SSSR count). The van der Waals surface area contributed by atoms with Gasteiger partial charge < -0.3 is 5.32 Å². The molecule has 0 amide bonds. The van der Waals surface area contributed by atoms with Crippen molar-refractivity contribution in [1.29, 1.82) is 0 Å². The zero-order valence-corrected chi connectivity index (χ0v) is 15.3. The number of hydrogen-bond acceptors (Lipinski definition) is 4. The van der Waals surface area contributed by atoms with E-state index in [1.54, 1.807) is 24.7 Å². The van der Waals surface area contributed by atoms with E-state index in [1.807, 2.05) is 49.4 Å². The molecule has 4 nitrogen and oxygen atoms in total. The summed E-state index contributed by atoms with van der Waals surface area (Å²) in [5.41, 5.74) is 5.74. The van der Waals surface area contributed by atoms with Crippen molar-refractivity contribution in [2.24, 2.45) is 0 Å². The van der Waals surface area contributed by atoms with E-state index < -0.39 is 0 Å². The minimum atomic E-state index is -0.248. The van der Waals surface area contributed by atoms with E-state index in [1.165, 1.54) is 5.57 Å². The summed E-state index contributed by atoms with van der Waals surface area (Å²) in [6.07, 6.45) is 7.90. The monoisotopic (exact) mass is 368 g/mol. The van der Waals surface area contributed by atoms with Crippen LogP contribution >= 0.6 is 0 Å². The molecule has 0 saturated carbocycles. The zero-order valence-electron chi connectivity index (χ0n) is 15.3. The molecule has 0 spiro atoms. The van der Waals surface area contributed by atoms with Gasteiger partial charge in [0.25, 0.3) is 0 Å². The molecule has 5 heteroatoms. The molecule has 3 aromatic heterocycles. The van der Waals surface area contributed by atoms with E-state index in [2.05, 4.69) is 15.3 Å². The predicted molar refractivity (Wildman–Crippen MR) is 110 cm³/mol. The molecule has 0 radical (unpaired) electrons. The van der Waals surface area contributed by atoms with Gasteiger partial charge in [-0.25, -0.2) is 9.37 Å². The Balaban J connectivity index is 1.64. The molecule has 0 aliphatic heterocycles. The maximum atomic E-state index is 15.1. The zero-order chi connectivity index (χ0) is 19.1. The minimum Gasteiger partial charge on any atom is -0.337 e. The van der Waals surface area contributed by atoms with Crippen LogP contribution in [0.25, 0.3) is 28.2 Å². The van der Waals surface area contributed by atoms with E-state index >= 15 is 4.39 Å². The van der Waals surface area contributed by atoms with Gasteiger partial charge in [-0.2, -0.15) is 0 Å². The number of allylic oxidation sites excluding steroid dienone is 1. The number of anilines is 2. The van der Waals surface area contributed by atoms with Gasteiger partial charge in [-0.1, -0.05) is 17.7 Å². The number of pyridine rings is 3. The molecule has 28 heavy (non-hydrogen) atoms. The molecule has 0 fully saturated rings. The van der Waals surface area contributed by atoms with E-state index in [-0.39, 0.29) is 5.82 Å². The first kappa shape index (κ1) is 16.6. The van der Waals surface area contributed by atoms with Crippen molar-refractivity contribution in [3.05, 3.63) is 83.6 Å². The highest BCUT2D eigenvalue weighted by Crippen LogP contribution is 2.34. The quantitative estimate of drug-likeness (QED) is 0.516. The van der Waals surface area contributed by atoms with Gasteiger partial charge >= 0.3 is 0 Å². The molecular formula is C23H17FN4.